The molecule has 3 N–H and O–H groups in total. The number of carbonyl (C=O) groups is 1. The van der Waals surface area contributed by atoms with Crippen LogP contribution in [-0.2, 0) is 5.21 Å². The van der Waals surface area contributed by atoms with Crippen LogP contribution in [0.1, 0.15) is 27.7 Å². The van der Waals surface area contributed by atoms with Gasteiger partial charge in [-0.15, -0.1) is 10.3 Å². The molecule has 1 fully saturated rings. The Morgan fingerprint density at radius 2 is 2.00 bits per heavy atom. The summed E-state index contributed by atoms with van der Waals surface area (Å²) in [6.07, 6.45) is 0. The van der Waals surface area contributed by atoms with Crippen LogP contribution in [0.15, 0.2) is 12.2 Å². The molecular weight excluding hydrogens is 226 g/mol. The Hall–Kier alpha value is -0.560. The van der Waals surface area contributed by atoms with Gasteiger partial charge in [0.15, 0.2) is 0 Å². The summed E-state index contributed by atoms with van der Waals surface area (Å²) in [6, 6.07) is -0.386. The van der Waals surface area contributed by atoms with Crippen molar-refractivity contribution in [2.45, 2.75) is 44.8 Å². The third-order valence-corrected chi connectivity index (χ3v) is 3.57. The normalized spacial score (nSPS) is 28.1. The lowest BCUT2D eigenvalue weighted by Gasteiger charge is -2.32. The van der Waals surface area contributed by atoms with Gasteiger partial charge in [-0.05, 0) is 33.3 Å². The molecule has 0 spiro atoms. The van der Waals surface area contributed by atoms with Crippen LogP contribution < -0.4 is 10.5 Å². The number of amides is 1. The maximum atomic E-state index is 12.1. The van der Waals surface area contributed by atoms with Crippen molar-refractivity contribution >= 4 is 17.2 Å². The van der Waals surface area contributed by atoms with E-state index >= 15 is 0 Å². The van der Waals surface area contributed by atoms with Crippen molar-refractivity contribution in [2.24, 2.45) is 5.14 Å². The van der Waals surface area contributed by atoms with Crippen LogP contribution in [0.2, 0.25) is 0 Å². The molecule has 16 heavy (non-hydrogen) atoms. The molecule has 1 radical (unpaired) electrons. The van der Waals surface area contributed by atoms with E-state index < -0.39 is 11.1 Å². The third-order valence-electron chi connectivity index (χ3n) is 3.24. The standard InChI is InChI=1S/C10H18N3O2S/c1-6-7(12-8(14)16-11)10(4,5)13(15)9(6,2)3/h7H,1,11H2,2-5H3,(H,12,14). The Balaban J connectivity index is 3.01. The number of nitrogens with two attached hydrogens (primary N) is 1. The molecule has 0 bridgehead atoms. The van der Waals surface area contributed by atoms with E-state index in [9.17, 15) is 10.0 Å². The van der Waals surface area contributed by atoms with Crippen molar-refractivity contribution in [1.82, 2.24) is 10.4 Å². The molecule has 1 saturated heterocycles. The highest BCUT2D eigenvalue weighted by Crippen LogP contribution is 2.42. The zero-order valence-corrected chi connectivity index (χ0v) is 10.9. The molecule has 1 aliphatic rings. The smallest absolute Gasteiger partial charge is 0.294 e. The van der Waals surface area contributed by atoms with Crippen LogP contribution in [0.5, 0.6) is 0 Å². The highest BCUT2D eigenvalue weighted by atomic mass is 32.2. The molecular formula is C10H18N3O2S. The van der Waals surface area contributed by atoms with E-state index in [4.69, 9.17) is 5.14 Å². The van der Waals surface area contributed by atoms with Crippen LogP contribution in [0, 0.1) is 0 Å². The molecule has 0 aromatic heterocycles. The molecule has 0 aromatic rings. The molecule has 91 valence electrons. The van der Waals surface area contributed by atoms with Gasteiger partial charge in [0.1, 0.15) is 0 Å². The minimum absolute atomic E-state index is 0.356. The fourth-order valence-corrected chi connectivity index (χ4v) is 2.35. The summed E-state index contributed by atoms with van der Waals surface area (Å²) in [5, 5.41) is 20.6. The molecule has 1 heterocycles. The van der Waals surface area contributed by atoms with Crippen LogP contribution in [-0.4, -0.2) is 27.4 Å². The van der Waals surface area contributed by atoms with E-state index in [0.29, 0.717) is 17.5 Å². The van der Waals surface area contributed by atoms with Crippen LogP contribution in [0.3, 0.4) is 0 Å². The molecule has 1 unspecified atom stereocenters. The Kier molecular flexibility index (Phi) is 3.40. The van der Waals surface area contributed by atoms with Crippen LogP contribution in [0.4, 0.5) is 4.79 Å². The Morgan fingerprint density at radius 3 is 2.31 bits per heavy atom. The first kappa shape index (κ1) is 13.5. The van der Waals surface area contributed by atoms with Gasteiger partial charge in [-0.25, -0.2) is 0 Å². The zero-order valence-electron chi connectivity index (χ0n) is 10.0. The monoisotopic (exact) mass is 244 g/mol. The Bertz CT molecular complexity index is 328. The van der Waals surface area contributed by atoms with E-state index in [0.717, 1.165) is 5.06 Å². The summed E-state index contributed by atoms with van der Waals surface area (Å²) in [6.45, 7) is 11.1. The predicted molar refractivity (Wildman–Crippen MR) is 63.9 cm³/mol. The van der Waals surface area contributed by atoms with Crippen molar-refractivity contribution < 1.29 is 10.0 Å². The van der Waals surface area contributed by atoms with Gasteiger partial charge in [0.2, 0.25) is 0 Å². The Labute approximate surface area is 100 Å². The lowest BCUT2D eigenvalue weighted by Crippen LogP contribution is -2.52. The number of hydrogen-bond acceptors (Lipinski definition) is 4. The topological polar surface area (TPSA) is 78.3 Å². The van der Waals surface area contributed by atoms with Crippen molar-refractivity contribution in [3.63, 3.8) is 0 Å². The van der Waals surface area contributed by atoms with Crippen LogP contribution >= 0.6 is 11.9 Å². The summed E-state index contributed by atoms with van der Waals surface area (Å²) >= 11 is 0.604. The fraction of sp³-hybridized carbons (Fsp3) is 0.700. The van der Waals surface area contributed by atoms with Gasteiger partial charge >= 0.3 is 0 Å². The fourth-order valence-electron chi connectivity index (χ4n) is 2.16. The molecule has 0 aromatic carbocycles. The van der Waals surface area contributed by atoms with Gasteiger partial charge in [0.25, 0.3) is 5.24 Å². The summed E-state index contributed by atoms with van der Waals surface area (Å²) in [5.74, 6) is 0. The zero-order chi connectivity index (χ0) is 12.7. The SMILES string of the molecule is C=C1C(NC(=O)SN)C(C)(C)N([O])C1(C)C. The van der Waals surface area contributed by atoms with Gasteiger partial charge in [-0.1, -0.05) is 6.58 Å². The summed E-state index contributed by atoms with van der Waals surface area (Å²) in [5.41, 5.74) is -0.693. The second-order valence-electron chi connectivity index (χ2n) is 5.01. The number of hydroxylamine groups is 2. The van der Waals surface area contributed by atoms with Crippen molar-refractivity contribution in [2.75, 3.05) is 0 Å². The lowest BCUT2D eigenvalue weighted by atomic mass is 9.90. The number of rotatable bonds is 1. The first-order chi connectivity index (χ1) is 7.15. The molecule has 1 amide bonds. The molecule has 0 saturated carbocycles. The largest absolute Gasteiger partial charge is 0.337 e. The maximum Gasteiger partial charge on any atom is 0.294 e. The average Bonchev–Trinajstić information content (AvgIpc) is 2.31. The molecule has 1 aliphatic heterocycles. The van der Waals surface area contributed by atoms with E-state index in [-0.39, 0.29) is 11.3 Å². The van der Waals surface area contributed by atoms with E-state index in [2.05, 4.69) is 11.9 Å². The number of nitrogens with zero attached hydrogens (tertiary/aromatic N) is 1. The number of hydrogen-bond donors (Lipinski definition) is 2. The van der Waals surface area contributed by atoms with Gasteiger partial charge in [0, 0.05) is 11.9 Å². The van der Waals surface area contributed by atoms with Gasteiger partial charge < -0.3 is 5.32 Å². The molecule has 0 aliphatic carbocycles. The molecule has 5 nitrogen and oxygen atoms in total. The van der Waals surface area contributed by atoms with Gasteiger partial charge in [-0.2, -0.15) is 0 Å². The molecule has 1 rings (SSSR count). The number of nitrogens with one attached hydrogen (secondary N) is 1. The summed E-state index contributed by atoms with van der Waals surface area (Å²) in [4.78, 5) is 11.3. The molecule has 1 atom stereocenters. The van der Waals surface area contributed by atoms with Crippen molar-refractivity contribution in [3.8, 4) is 0 Å². The van der Waals surface area contributed by atoms with Crippen molar-refractivity contribution in [1.29, 1.82) is 0 Å². The second kappa shape index (κ2) is 4.03. The van der Waals surface area contributed by atoms with Crippen molar-refractivity contribution in [3.05, 3.63) is 12.2 Å². The lowest BCUT2D eigenvalue weighted by molar-refractivity contribution is -0.242. The summed E-state index contributed by atoms with van der Waals surface area (Å²) in [7, 11) is 0. The van der Waals surface area contributed by atoms with E-state index in [1.54, 1.807) is 27.7 Å². The second-order valence-corrected chi connectivity index (χ2v) is 5.62. The Morgan fingerprint density at radius 1 is 1.50 bits per heavy atom. The first-order valence-corrected chi connectivity index (χ1v) is 5.87. The van der Waals surface area contributed by atoms with Gasteiger partial charge in [-0.3, -0.25) is 9.93 Å². The highest BCUT2D eigenvalue weighted by Gasteiger charge is 2.55. The number of carbonyl (C=O) groups excluding carboxylic acids is 1. The third kappa shape index (κ3) is 1.86. The minimum atomic E-state index is -0.716. The first-order valence-electron chi connectivity index (χ1n) is 4.99. The maximum absolute atomic E-state index is 12.1. The summed E-state index contributed by atoms with van der Waals surface area (Å²) < 4.78 is 0. The van der Waals surface area contributed by atoms with Crippen LogP contribution in [0.25, 0.3) is 0 Å². The predicted octanol–water partition coefficient (Wildman–Crippen LogP) is 1.45. The average molecular weight is 244 g/mol. The van der Waals surface area contributed by atoms with E-state index in [1.165, 1.54) is 0 Å². The molecule has 6 heteroatoms. The highest BCUT2D eigenvalue weighted by molar-refractivity contribution is 8.11. The van der Waals surface area contributed by atoms with E-state index in [1.807, 2.05) is 0 Å². The quantitative estimate of drug-likeness (QED) is 0.540. The minimum Gasteiger partial charge on any atom is -0.337 e. The van der Waals surface area contributed by atoms with Gasteiger partial charge in [0.05, 0.1) is 17.1 Å².